The lowest BCUT2D eigenvalue weighted by atomic mass is 10.3. The lowest BCUT2D eigenvalue weighted by molar-refractivity contribution is 0.462. The van der Waals surface area contributed by atoms with E-state index in [4.69, 9.17) is 5.73 Å². The summed E-state index contributed by atoms with van der Waals surface area (Å²) in [6, 6.07) is 10.1. The van der Waals surface area contributed by atoms with Crippen LogP contribution in [0.3, 0.4) is 0 Å². The number of pyridine rings is 1. The van der Waals surface area contributed by atoms with Crippen LogP contribution in [0.2, 0.25) is 0 Å². The Balaban J connectivity index is 2.28. The number of hydrogen-bond donors (Lipinski definition) is 1. The zero-order valence-electron chi connectivity index (χ0n) is 11.7. The van der Waals surface area contributed by atoms with Gasteiger partial charge in [0.2, 0.25) is 10.0 Å². The molecular formula is C14H16BrN3O2S. The van der Waals surface area contributed by atoms with Gasteiger partial charge in [-0.15, -0.1) is 0 Å². The lowest BCUT2D eigenvalue weighted by Crippen LogP contribution is -2.27. The molecule has 2 N–H and O–H groups in total. The van der Waals surface area contributed by atoms with Crippen molar-refractivity contribution in [3.05, 3.63) is 52.3 Å². The first-order chi connectivity index (χ1) is 9.80. The first kappa shape index (κ1) is 15.9. The second-order valence-corrected chi connectivity index (χ2v) is 7.61. The van der Waals surface area contributed by atoms with E-state index in [-0.39, 0.29) is 11.4 Å². The van der Waals surface area contributed by atoms with Gasteiger partial charge in [-0.3, -0.25) is 4.98 Å². The van der Waals surface area contributed by atoms with Crippen molar-refractivity contribution in [2.24, 2.45) is 0 Å². The molecule has 0 bridgehead atoms. The number of nitrogen functional groups attached to an aromatic ring is 1. The van der Waals surface area contributed by atoms with Gasteiger partial charge in [0.25, 0.3) is 0 Å². The fourth-order valence-electron chi connectivity index (χ4n) is 1.86. The Hall–Kier alpha value is -1.44. The lowest BCUT2D eigenvalue weighted by Gasteiger charge is -2.17. The van der Waals surface area contributed by atoms with Crippen molar-refractivity contribution >= 4 is 31.6 Å². The van der Waals surface area contributed by atoms with Gasteiger partial charge in [-0.1, -0.05) is 6.07 Å². The van der Waals surface area contributed by atoms with Crippen molar-refractivity contribution in [2.45, 2.75) is 18.4 Å². The molecule has 0 unspecified atom stereocenters. The zero-order valence-corrected chi connectivity index (χ0v) is 14.1. The number of aryl methyl sites for hydroxylation is 1. The zero-order chi connectivity index (χ0) is 15.6. The Morgan fingerprint density at radius 3 is 2.62 bits per heavy atom. The standard InChI is InChI=1S/C14H16BrN3O2S/c1-10-4-3-5-11(17-10)9-18(2)21(19,20)12-6-7-13(15)14(16)8-12/h3-8H,9,16H2,1-2H3. The van der Waals surface area contributed by atoms with E-state index in [9.17, 15) is 8.42 Å². The maximum absolute atomic E-state index is 12.5. The topological polar surface area (TPSA) is 76.3 Å². The number of aromatic nitrogens is 1. The predicted molar refractivity (Wildman–Crippen MR) is 86.2 cm³/mol. The molecule has 0 radical (unpaired) electrons. The molecule has 0 spiro atoms. The van der Waals surface area contributed by atoms with Gasteiger partial charge in [0.05, 0.1) is 17.1 Å². The fourth-order valence-corrected chi connectivity index (χ4v) is 3.29. The molecule has 0 fully saturated rings. The van der Waals surface area contributed by atoms with Crippen LogP contribution in [0.1, 0.15) is 11.4 Å². The molecule has 0 atom stereocenters. The Morgan fingerprint density at radius 1 is 1.29 bits per heavy atom. The minimum atomic E-state index is -3.60. The number of sulfonamides is 1. The van der Waals surface area contributed by atoms with Crippen LogP contribution in [0.5, 0.6) is 0 Å². The molecule has 0 aliphatic carbocycles. The molecule has 0 aliphatic heterocycles. The maximum Gasteiger partial charge on any atom is 0.243 e. The van der Waals surface area contributed by atoms with Crippen LogP contribution in [-0.4, -0.2) is 24.8 Å². The summed E-state index contributed by atoms with van der Waals surface area (Å²) >= 11 is 3.25. The molecular weight excluding hydrogens is 354 g/mol. The van der Waals surface area contributed by atoms with Crippen LogP contribution in [0.15, 0.2) is 45.8 Å². The minimum absolute atomic E-state index is 0.165. The van der Waals surface area contributed by atoms with Gasteiger partial charge in [-0.05, 0) is 53.2 Å². The van der Waals surface area contributed by atoms with Crippen molar-refractivity contribution in [1.82, 2.24) is 9.29 Å². The molecule has 0 amide bonds. The van der Waals surface area contributed by atoms with E-state index in [1.165, 1.54) is 23.5 Å². The molecule has 1 aromatic carbocycles. The summed E-state index contributed by atoms with van der Waals surface area (Å²) in [4.78, 5) is 4.48. The van der Waals surface area contributed by atoms with Gasteiger partial charge in [-0.25, -0.2) is 8.42 Å². The van der Waals surface area contributed by atoms with Crippen LogP contribution < -0.4 is 5.73 Å². The van der Waals surface area contributed by atoms with Crippen LogP contribution in [0.4, 0.5) is 5.69 Å². The Labute approximate surface area is 133 Å². The Kier molecular flexibility index (Phi) is 4.65. The fraction of sp³-hybridized carbons (Fsp3) is 0.214. The first-order valence-corrected chi connectivity index (χ1v) is 8.48. The molecule has 7 heteroatoms. The quantitative estimate of drug-likeness (QED) is 0.840. The third-order valence-electron chi connectivity index (χ3n) is 3.01. The summed E-state index contributed by atoms with van der Waals surface area (Å²) in [6.45, 7) is 2.08. The SMILES string of the molecule is Cc1cccc(CN(C)S(=O)(=O)c2ccc(Br)c(N)c2)n1. The van der Waals surface area contributed by atoms with E-state index in [2.05, 4.69) is 20.9 Å². The number of nitrogens with two attached hydrogens (primary N) is 1. The summed E-state index contributed by atoms with van der Waals surface area (Å²) in [5.41, 5.74) is 7.69. The van der Waals surface area contributed by atoms with Gasteiger partial charge >= 0.3 is 0 Å². The summed E-state index contributed by atoms with van der Waals surface area (Å²) < 4.78 is 27.0. The number of hydrogen-bond acceptors (Lipinski definition) is 4. The van der Waals surface area contributed by atoms with Crippen molar-refractivity contribution in [3.63, 3.8) is 0 Å². The molecule has 0 saturated heterocycles. The largest absolute Gasteiger partial charge is 0.398 e. The molecule has 5 nitrogen and oxygen atoms in total. The van der Waals surface area contributed by atoms with Crippen molar-refractivity contribution < 1.29 is 8.42 Å². The van der Waals surface area contributed by atoms with Gasteiger partial charge in [0.1, 0.15) is 0 Å². The summed E-state index contributed by atoms with van der Waals surface area (Å²) in [6.07, 6.45) is 0. The van der Waals surface area contributed by atoms with Crippen molar-refractivity contribution in [3.8, 4) is 0 Å². The van der Waals surface area contributed by atoms with Crippen molar-refractivity contribution in [2.75, 3.05) is 12.8 Å². The molecule has 21 heavy (non-hydrogen) atoms. The number of anilines is 1. The molecule has 1 heterocycles. The minimum Gasteiger partial charge on any atom is -0.398 e. The molecule has 112 valence electrons. The van der Waals surface area contributed by atoms with Crippen LogP contribution >= 0.6 is 15.9 Å². The number of benzene rings is 1. The summed E-state index contributed by atoms with van der Waals surface area (Å²) in [5, 5.41) is 0. The highest BCUT2D eigenvalue weighted by Crippen LogP contribution is 2.24. The highest BCUT2D eigenvalue weighted by atomic mass is 79.9. The Bertz CT molecular complexity index is 763. The van der Waals surface area contributed by atoms with Gasteiger partial charge in [0.15, 0.2) is 0 Å². The van der Waals surface area contributed by atoms with E-state index < -0.39 is 10.0 Å². The maximum atomic E-state index is 12.5. The van der Waals surface area contributed by atoms with E-state index in [1.54, 1.807) is 12.1 Å². The number of rotatable bonds is 4. The highest BCUT2D eigenvalue weighted by molar-refractivity contribution is 9.10. The molecule has 2 aromatic rings. The monoisotopic (exact) mass is 369 g/mol. The van der Waals surface area contributed by atoms with E-state index >= 15 is 0 Å². The highest BCUT2D eigenvalue weighted by Gasteiger charge is 2.22. The van der Waals surface area contributed by atoms with Crippen LogP contribution in [0.25, 0.3) is 0 Å². The van der Waals surface area contributed by atoms with Gasteiger partial charge < -0.3 is 5.73 Å². The molecule has 0 aliphatic rings. The van der Waals surface area contributed by atoms with Crippen LogP contribution in [0, 0.1) is 6.92 Å². The van der Waals surface area contributed by atoms with Crippen molar-refractivity contribution in [1.29, 1.82) is 0 Å². The summed E-state index contributed by atoms with van der Waals surface area (Å²) in [7, 11) is -2.07. The molecule has 0 saturated carbocycles. The number of nitrogens with zero attached hydrogens (tertiary/aromatic N) is 2. The van der Waals surface area contributed by atoms with E-state index in [0.717, 1.165) is 5.69 Å². The van der Waals surface area contributed by atoms with Crippen LogP contribution in [-0.2, 0) is 16.6 Å². The molecule has 2 rings (SSSR count). The second-order valence-electron chi connectivity index (χ2n) is 4.71. The van der Waals surface area contributed by atoms with E-state index in [0.29, 0.717) is 15.9 Å². The second kappa shape index (κ2) is 6.13. The normalized spacial score (nSPS) is 11.8. The third-order valence-corrected chi connectivity index (χ3v) is 5.53. The third kappa shape index (κ3) is 3.61. The smallest absolute Gasteiger partial charge is 0.243 e. The average molecular weight is 370 g/mol. The predicted octanol–water partition coefficient (Wildman–Crippen LogP) is 2.56. The summed E-state index contributed by atoms with van der Waals surface area (Å²) in [5.74, 6) is 0. The Morgan fingerprint density at radius 2 is 2.00 bits per heavy atom. The van der Waals surface area contributed by atoms with E-state index in [1.807, 2.05) is 19.1 Å². The average Bonchev–Trinajstić information content (AvgIpc) is 2.41. The van der Waals surface area contributed by atoms with Gasteiger partial charge in [-0.2, -0.15) is 4.31 Å². The van der Waals surface area contributed by atoms with Gasteiger partial charge in [0, 0.05) is 22.9 Å². The molecule has 1 aromatic heterocycles. The number of halogens is 1. The first-order valence-electron chi connectivity index (χ1n) is 6.24.